The van der Waals surface area contributed by atoms with Crippen LogP contribution in [0.2, 0.25) is 0 Å². The molecule has 1 aromatic rings. The van der Waals surface area contributed by atoms with Crippen molar-refractivity contribution >= 4 is 5.95 Å². The molecule has 1 N–H and O–H groups in total. The van der Waals surface area contributed by atoms with E-state index >= 15 is 0 Å². The van der Waals surface area contributed by atoms with Crippen molar-refractivity contribution in [3.63, 3.8) is 0 Å². The number of hydrogen-bond acceptors (Lipinski definition) is 4. The Kier molecular flexibility index (Phi) is 2.94. The highest BCUT2D eigenvalue weighted by Crippen LogP contribution is 2.14. The molecule has 0 radical (unpaired) electrons. The average molecular weight is 204 g/mol. The predicted molar refractivity (Wildman–Crippen MR) is 59.7 cm³/mol. The van der Waals surface area contributed by atoms with Gasteiger partial charge in [0.25, 0.3) is 0 Å². The second-order valence-electron chi connectivity index (χ2n) is 3.93. The van der Waals surface area contributed by atoms with Crippen LogP contribution in [0, 0.1) is 13.8 Å². The highest BCUT2D eigenvalue weighted by molar-refractivity contribution is 5.27. The molecular weight excluding hydrogens is 188 g/mol. The molecule has 0 aromatic carbocycles. The van der Waals surface area contributed by atoms with Crippen LogP contribution in [0.15, 0.2) is 12.2 Å². The fourth-order valence-corrected chi connectivity index (χ4v) is 1.63. The van der Waals surface area contributed by atoms with E-state index < -0.39 is 0 Å². The Morgan fingerprint density at radius 2 is 2.07 bits per heavy atom. The largest absolute Gasteiger partial charge is 0.350 e. The van der Waals surface area contributed by atoms with Crippen LogP contribution in [0.3, 0.4) is 0 Å². The van der Waals surface area contributed by atoms with Crippen LogP contribution in [-0.2, 0) is 0 Å². The summed E-state index contributed by atoms with van der Waals surface area (Å²) in [5.74, 6) is 0.651. The van der Waals surface area contributed by atoms with E-state index in [-0.39, 0.29) is 0 Å². The van der Waals surface area contributed by atoms with Gasteiger partial charge in [0.1, 0.15) is 0 Å². The molecular formula is C11H16N4. The van der Waals surface area contributed by atoms with E-state index in [1.165, 1.54) is 0 Å². The summed E-state index contributed by atoms with van der Waals surface area (Å²) in [4.78, 5) is 4.36. The van der Waals surface area contributed by atoms with Gasteiger partial charge in [-0.1, -0.05) is 12.2 Å². The minimum atomic E-state index is 0.457. The van der Waals surface area contributed by atoms with Crippen molar-refractivity contribution in [2.75, 3.05) is 5.32 Å². The van der Waals surface area contributed by atoms with Crippen LogP contribution >= 0.6 is 0 Å². The highest BCUT2D eigenvalue weighted by Gasteiger charge is 2.11. The molecule has 1 aromatic heterocycles. The van der Waals surface area contributed by atoms with E-state index in [1.54, 1.807) is 0 Å². The molecule has 1 heterocycles. The number of nitrogens with one attached hydrogen (secondary N) is 1. The third-order valence-corrected chi connectivity index (χ3v) is 2.69. The van der Waals surface area contributed by atoms with Crippen molar-refractivity contribution in [1.82, 2.24) is 15.2 Å². The minimum absolute atomic E-state index is 0.457. The van der Waals surface area contributed by atoms with Crippen molar-refractivity contribution in [3.05, 3.63) is 23.5 Å². The Bertz CT molecular complexity index is 373. The summed E-state index contributed by atoms with van der Waals surface area (Å²) in [6.07, 6.45) is 7.76. The molecule has 0 aliphatic heterocycles. The fraction of sp³-hybridized carbons (Fsp3) is 0.545. The van der Waals surface area contributed by atoms with Gasteiger partial charge in [0, 0.05) is 6.04 Å². The summed E-state index contributed by atoms with van der Waals surface area (Å²) in [6.45, 7) is 3.87. The topological polar surface area (TPSA) is 50.7 Å². The average Bonchev–Trinajstić information content (AvgIpc) is 2.25. The summed E-state index contributed by atoms with van der Waals surface area (Å²) >= 11 is 0. The zero-order valence-electron chi connectivity index (χ0n) is 9.20. The SMILES string of the molecule is Cc1nnc(NC2CC=CCC2)nc1C. The lowest BCUT2D eigenvalue weighted by molar-refractivity contribution is 0.635. The molecule has 2 rings (SSSR count). The first-order valence-corrected chi connectivity index (χ1v) is 5.35. The predicted octanol–water partition coefficient (Wildman–Crippen LogP) is 2.01. The minimum Gasteiger partial charge on any atom is -0.350 e. The molecule has 0 spiro atoms. The lowest BCUT2D eigenvalue weighted by Crippen LogP contribution is -2.22. The molecule has 1 aliphatic rings. The number of nitrogens with zero attached hydrogens (tertiary/aromatic N) is 3. The molecule has 0 amide bonds. The summed E-state index contributed by atoms with van der Waals surface area (Å²) in [5.41, 5.74) is 1.84. The fourth-order valence-electron chi connectivity index (χ4n) is 1.63. The van der Waals surface area contributed by atoms with Crippen molar-refractivity contribution in [1.29, 1.82) is 0 Å². The number of anilines is 1. The third-order valence-electron chi connectivity index (χ3n) is 2.69. The van der Waals surface area contributed by atoms with Gasteiger partial charge in [-0.25, -0.2) is 4.98 Å². The third kappa shape index (κ3) is 2.52. The lowest BCUT2D eigenvalue weighted by atomic mass is 10.0. The second kappa shape index (κ2) is 4.38. The van der Waals surface area contributed by atoms with Crippen LogP contribution in [0.25, 0.3) is 0 Å². The van der Waals surface area contributed by atoms with Gasteiger partial charge in [-0.3, -0.25) is 0 Å². The normalized spacial score (nSPS) is 20.3. The zero-order valence-corrected chi connectivity index (χ0v) is 9.20. The van der Waals surface area contributed by atoms with E-state index in [4.69, 9.17) is 0 Å². The Morgan fingerprint density at radius 3 is 2.73 bits per heavy atom. The molecule has 0 saturated heterocycles. The number of aryl methyl sites for hydroxylation is 2. The van der Waals surface area contributed by atoms with Crippen LogP contribution in [-0.4, -0.2) is 21.2 Å². The first-order chi connectivity index (χ1) is 7.25. The van der Waals surface area contributed by atoms with Gasteiger partial charge in [-0.15, -0.1) is 5.10 Å². The summed E-state index contributed by atoms with van der Waals surface area (Å²) in [6, 6.07) is 0.457. The van der Waals surface area contributed by atoms with Gasteiger partial charge in [0.15, 0.2) is 0 Å². The quantitative estimate of drug-likeness (QED) is 0.749. The smallest absolute Gasteiger partial charge is 0.243 e. The molecule has 80 valence electrons. The maximum Gasteiger partial charge on any atom is 0.243 e. The number of allylic oxidation sites excluding steroid dienone is 1. The van der Waals surface area contributed by atoms with Crippen LogP contribution < -0.4 is 5.32 Å². The summed E-state index contributed by atoms with van der Waals surface area (Å²) in [7, 11) is 0. The Morgan fingerprint density at radius 1 is 1.20 bits per heavy atom. The van der Waals surface area contributed by atoms with E-state index in [9.17, 15) is 0 Å². The maximum atomic E-state index is 4.36. The highest BCUT2D eigenvalue weighted by atomic mass is 15.2. The number of rotatable bonds is 2. The molecule has 1 atom stereocenters. The zero-order chi connectivity index (χ0) is 10.7. The molecule has 4 heteroatoms. The Hall–Kier alpha value is -1.45. The van der Waals surface area contributed by atoms with Gasteiger partial charge in [0.2, 0.25) is 5.95 Å². The van der Waals surface area contributed by atoms with Crippen molar-refractivity contribution < 1.29 is 0 Å². The van der Waals surface area contributed by atoms with Crippen LogP contribution in [0.5, 0.6) is 0 Å². The molecule has 4 nitrogen and oxygen atoms in total. The molecule has 0 fully saturated rings. The number of aromatic nitrogens is 3. The van der Waals surface area contributed by atoms with E-state index in [2.05, 4.69) is 32.7 Å². The summed E-state index contributed by atoms with van der Waals surface area (Å²) in [5, 5.41) is 11.4. The van der Waals surface area contributed by atoms with E-state index in [0.29, 0.717) is 12.0 Å². The van der Waals surface area contributed by atoms with Gasteiger partial charge in [-0.2, -0.15) is 5.10 Å². The van der Waals surface area contributed by atoms with Gasteiger partial charge in [-0.05, 0) is 33.1 Å². The molecule has 15 heavy (non-hydrogen) atoms. The Labute approximate surface area is 89.8 Å². The molecule has 1 aliphatic carbocycles. The second-order valence-corrected chi connectivity index (χ2v) is 3.93. The van der Waals surface area contributed by atoms with Crippen LogP contribution in [0.4, 0.5) is 5.95 Å². The molecule has 0 saturated carbocycles. The van der Waals surface area contributed by atoms with Crippen LogP contribution in [0.1, 0.15) is 30.7 Å². The van der Waals surface area contributed by atoms with Gasteiger partial charge in [0.05, 0.1) is 11.4 Å². The lowest BCUT2D eigenvalue weighted by Gasteiger charge is -2.19. The van der Waals surface area contributed by atoms with Crippen molar-refractivity contribution in [2.45, 2.75) is 39.2 Å². The Balaban J connectivity index is 2.04. The standard InChI is InChI=1S/C11H16N4/c1-8-9(2)14-15-11(12-8)13-10-6-4-3-5-7-10/h3-4,10H,5-7H2,1-2H3,(H,12,13,15). The van der Waals surface area contributed by atoms with E-state index in [0.717, 1.165) is 30.7 Å². The number of hydrogen-bond donors (Lipinski definition) is 1. The molecule has 0 bridgehead atoms. The van der Waals surface area contributed by atoms with Gasteiger partial charge >= 0.3 is 0 Å². The van der Waals surface area contributed by atoms with Gasteiger partial charge < -0.3 is 5.32 Å². The maximum absolute atomic E-state index is 4.36. The van der Waals surface area contributed by atoms with Crippen molar-refractivity contribution in [3.8, 4) is 0 Å². The first kappa shape index (κ1) is 10.1. The first-order valence-electron chi connectivity index (χ1n) is 5.35. The van der Waals surface area contributed by atoms with Crippen molar-refractivity contribution in [2.24, 2.45) is 0 Å². The summed E-state index contributed by atoms with van der Waals surface area (Å²) < 4.78 is 0. The monoisotopic (exact) mass is 204 g/mol. The van der Waals surface area contributed by atoms with E-state index in [1.807, 2.05) is 13.8 Å². The molecule has 1 unspecified atom stereocenters.